The minimum Gasteiger partial charge on any atom is -0.396 e. The number of rotatable bonds is 6. The van der Waals surface area contributed by atoms with Gasteiger partial charge in [-0.05, 0) is 52.9 Å². The van der Waals surface area contributed by atoms with Crippen LogP contribution in [0.25, 0.3) is 0 Å². The zero-order valence-corrected chi connectivity index (χ0v) is 13.0. The van der Waals surface area contributed by atoms with E-state index in [2.05, 4.69) is 21.2 Å². The number of aliphatic hydroxyl groups excluding tert-OH is 1. The molecule has 2 N–H and O–H groups in total. The maximum atomic E-state index is 13.1. The molecule has 0 spiro atoms. The largest absolute Gasteiger partial charge is 0.396 e. The van der Waals surface area contributed by atoms with Crippen LogP contribution in [0.2, 0.25) is 0 Å². The molecule has 5 heteroatoms. The summed E-state index contributed by atoms with van der Waals surface area (Å²) >= 11 is 3.14. The first-order chi connectivity index (χ1) is 9.46. The van der Waals surface area contributed by atoms with Gasteiger partial charge in [0.05, 0.1) is 11.1 Å². The molecule has 0 aliphatic heterocycles. The Labute approximate surface area is 126 Å². The summed E-state index contributed by atoms with van der Waals surface area (Å²) in [6.45, 7) is 2.53. The van der Waals surface area contributed by atoms with E-state index in [-0.39, 0.29) is 29.7 Å². The topological polar surface area (TPSA) is 49.3 Å². The molecular formula is C15H19BrFNO2. The van der Waals surface area contributed by atoms with E-state index in [9.17, 15) is 14.3 Å². The molecule has 0 radical (unpaired) electrons. The van der Waals surface area contributed by atoms with Crippen LogP contribution in [0, 0.1) is 17.2 Å². The van der Waals surface area contributed by atoms with E-state index in [0.717, 1.165) is 18.4 Å². The third-order valence-corrected chi connectivity index (χ3v) is 4.51. The Hall–Kier alpha value is -0.940. The lowest BCUT2D eigenvalue weighted by Gasteiger charge is -2.16. The van der Waals surface area contributed by atoms with Crippen molar-refractivity contribution in [2.45, 2.75) is 26.2 Å². The van der Waals surface area contributed by atoms with E-state index >= 15 is 0 Å². The molecule has 1 aromatic rings. The molecule has 1 aliphatic carbocycles. The molecule has 110 valence electrons. The van der Waals surface area contributed by atoms with Crippen molar-refractivity contribution in [1.82, 2.24) is 5.32 Å². The summed E-state index contributed by atoms with van der Waals surface area (Å²) in [6.07, 6.45) is 2.52. The van der Waals surface area contributed by atoms with Gasteiger partial charge >= 0.3 is 0 Å². The van der Waals surface area contributed by atoms with Gasteiger partial charge in [0.1, 0.15) is 5.82 Å². The third-order valence-electron chi connectivity index (χ3n) is 3.90. The number of hydrogen-bond acceptors (Lipinski definition) is 2. The molecule has 0 aromatic heterocycles. The van der Waals surface area contributed by atoms with Crippen LogP contribution in [0.1, 0.15) is 25.3 Å². The number of hydrogen-bond donors (Lipinski definition) is 2. The summed E-state index contributed by atoms with van der Waals surface area (Å²) in [6, 6.07) is 4.80. The van der Waals surface area contributed by atoms with E-state index in [1.165, 1.54) is 6.07 Å². The van der Waals surface area contributed by atoms with Crippen molar-refractivity contribution < 1.29 is 14.3 Å². The molecule has 2 rings (SSSR count). The van der Waals surface area contributed by atoms with Crippen LogP contribution in [0.4, 0.5) is 4.39 Å². The highest BCUT2D eigenvalue weighted by atomic mass is 79.9. The highest BCUT2D eigenvalue weighted by Crippen LogP contribution is 2.44. The maximum absolute atomic E-state index is 13.1. The second-order valence-corrected chi connectivity index (χ2v) is 6.58. The fraction of sp³-hybridized carbons (Fsp3) is 0.533. The lowest BCUT2D eigenvalue weighted by molar-refractivity contribution is -0.124. The summed E-state index contributed by atoms with van der Waals surface area (Å²) in [7, 11) is 0. The Kier molecular flexibility index (Phi) is 4.81. The number of carbonyl (C=O) groups is 1. The van der Waals surface area contributed by atoms with E-state index in [4.69, 9.17) is 0 Å². The maximum Gasteiger partial charge on any atom is 0.223 e. The highest BCUT2D eigenvalue weighted by Gasteiger charge is 2.42. The molecule has 3 nitrogen and oxygen atoms in total. The predicted octanol–water partition coefficient (Wildman–Crippen LogP) is 2.66. The van der Waals surface area contributed by atoms with Gasteiger partial charge < -0.3 is 10.4 Å². The van der Waals surface area contributed by atoms with E-state index < -0.39 is 0 Å². The van der Waals surface area contributed by atoms with Gasteiger partial charge in [-0.15, -0.1) is 0 Å². The summed E-state index contributed by atoms with van der Waals surface area (Å²) < 4.78 is 13.6. The van der Waals surface area contributed by atoms with E-state index in [1.54, 1.807) is 12.1 Å². The number of carbonyl (C=O) groups excluding carboxylic acids is 1. The fourth-order valence-electron chi connectivity index (χ4n) is 2.13. The van der Waals surface area contributed by atoms with Gasteiger partial charge in [0.2, 0.25) is 5.91 Å². The molecule has 0 saturated heterocycles. The second kappa shape index (κ2) is 6.22. The third kappa shape index (κ3) is 3.79. The van der Waals surface area contributed by atoms with Gasteiger partial charge in [0.25, 0.3) is 0 Å². The molecule has 1 saturated carbocycles. The van der Waals surface area contributed by atoms with Crippen molar-refractivity contribution in [3.63, 3.8) is 0 Å². The van der Waals surface area contributed by atoms with Gasteiger partial charge in [-0.3, -0.25) is 4.79 Å². The quantitative estimate of drug-likeness (QED) is 0.834. The van der Waals surface area contributed by atoms with Crippen molar-refractivity contribution >= 4 is 21.8 Å². The monoisotopic (exact) mass is 343 g/mol. The standard InChI is InChI=1S/C15H19BrFNO2/c1-10(6-11-2-3-13(17)12(16)7-11)14(20)18-8-15(9-19)4-5-15/h2-3,7,10,19H,4-6,8-9H2,1H3,(H,18,20). The number of benzene rings is 1. The van der Waals surface area contributed by atoms with E-state index in [1.807, 2.05) is 6.92 Å². The molecule has 1 unspecified atom stereocenters. The van der Waals surface area contributed by atoms with Gasteiger partial charge in [-0.1, -0.05) is 13.0 Å². The van der Waals surface area contributed by atoms with Crippen LogP contribution in [0.3, 0.4) is 0 Å². The Morgan fingerprint density at radius 1 is 1.55 bits per heavy atom. The fourth-order valence-corrected chi connectivity index (χ4v) is 2.56. The molecule has 1 fully saturated rings. The predicted molar refractivity (Wildman–Crippen MR) is 78.7 cm³/mol. The Morgan fingerprint density at radius 2 is 2.25 bits per heavy atom. The van der Waals surface area contributed by atoms with Crippen molar-refractivity contribution in [1.29, 1.82) is 0 Å². The smallest absolute Gasteiger partial charge is 0.223 e. The first-order valence-electron chi connectivity index (χ1n) is 6.78. The molecule has 0 bridgehead atoms. The Bertz CT molecular complexity index is 503. The molecule has 1 aromatic carbocycles. The number of halogens is 2. The molecule has 20 heavy (non-hydrogen) atoms. The minimum atomic E-state index is -0.301. The summed E-state index contributed by atoms with van der Waals surface area (Å²) in [5.74, 6) is -0.503. The van der Waals surface area contributed by atoms with Gasteiger partial charge in [-0.2, -0.15) is 0 Å². The average molecular weight is 344 g/mol. The summed E-state index contributed by atoms with van der Waals surface area (Å²) in [5.41, 5.74) is 0.845. The average Bonchev–Trinajstić information content (AvgIpc) is 3.21. The number of amides is 1. The van der Waals surface area contributed by atoms with Gasteiger partial charge in [0, 0.05) is 17.9 Å². The number of nitrogens with one attached hydrogen (secondary N) is 1. The minimum absolute atomic E-state index is 0.0230. The van der Waals surface area contributed by atoms with Crippen molar-refractivity contribution in [3.05, 3.63) is 34.1 Å². The van der Waals surface area contributed by atoms with Crippen molar-refractivity contribution in [3.8, 4) is 0 Å². The first kappa shape index (κ1) is 15.4. The van der Waals surface area contributed by atoms with Crippen LogP contribution in [-0.4, -0.2) is 24.2 Å². The van der Waals surface area contributed by atoms with Crippen LogP contribution in [-0.2, 0) is 11.2 Å². The molecule has 0 heterocycles. The lowest BCUT2D eigenvalue weighted by Crippen LogP contribution is -2.36. The second-order valence-electron chi connectivity index (χ2n) is 5.73. The normalized spacial score (nSPS) is 17.6. The molecular weight excluding hydrogens is 325 g/mol. The van der Waals surface area contributed by atoms with E-state index in [0.29, 0.717) is 17.4 Å². The molecule has 1 aliphatic rings. The lowest BCUT2D eigenvalue weighted by atomic mass is 10.00. The summed E-state index contributed by atoms with van der Waals surface area (Å²) in [5, 5.41) is 12.1. The SMILES string of the molecule is CC(Cc1ccc(F)c(Br)c1)C(=O)NCC1(CO)CC1. The molecule has 1 amide bonds. The van der Waals surface area contributed by atoms with Crippen LogP contribution in [0.5, 0.6) is 0 Å². The van der Waals surface area contributed by atoms with Gasteiger partial charge in [-0.25, -0.2) is 4.39 Å². The molecule has 1 atom stereocenters. The Balaban J connectivity index is 1.85. The number of aliphatic hydroxyl groups is 1. The van der Waals surface area contributed by atoms with Gasteiger partial charge in [0.15, 0.2) is 0 Å². The van der Waals surface area contributed by atoms with Crippen LogP contribution >= 0.6 is 15.9 Å². The zero-order valence-electron chi connectivity index (χ0n) is 11.5. The highest BCUT2D eigenvalue weighted by molar-refractivity contribution is 9.10. The first-order valence-corrected chi connectivity index (χ1v) is 7.57. The van der Waals surface area contributed by atoms with Crippen LogP contribution < -0.4 is 5.32 Å². The van der Waals surface area contributed by atoms with Crippen molar-refractivity contribution in [2.24, 2.45) is 11.3 Å². The van der Waals surface area contributed by atoms with Crippen molar-refractivity contribution in [2.75, 3.05) is 13.2 Å². The zero-order chi connectivity index (χ0) is 14.8. The van der Waals surface area contributed by atoms with Crippen LogP contribution in [0.15, 0.2) is 22.7 Å². The summed E-state index contributed by atoms with van der Waals surface area (Å²) in [4.78, 5) is 12.0. The Morgan fingerprint density at radius 3 is 2.80 bits per heavy atom.